The van der Waals surface area contributed by atoms with Crippen molar-refractivity contribution in [3.8, 4) is 11.4 Å². The maximum Gasteiger partial charge on any atom is 0.337 e. The van der Waals surface area contributed by atoms with E-state index in [2.05, 4.69) is 10.2 Å². The molecule has 0 aliphatic carbocycles. The van der Waals surface area contributed by atoms with Crippen molar-refractivity contribution in [3.05, 3.63) is 94.9 Å². The van der Waals surface area contributed by atoms with Gasteiger partial charge in [-0.25, -0.2) is 4.79 Å². The number of aromatic carboxylic acids is 1. The summed E-state index contributed by atoms with van der Waals surface area (Å²) in [6, 6.07) is 20.0. The topological polar surface area (TPSA) is 83.8 Å². The molecule has 1 aliphatic heterocycles. The molecule has 0 unspecified atom stereocenters. The van der Waals surface area contributed by atoms with E-state index in [4.69, 9.17) is 4.74 Å². The van der Waals surface area contributed by atoms with E-state index in [9.17, 15) is 14.7 Å². The van der Waals surface area contributed by atoms with Gasteiger partial charge in [0.2, 0.25) is 0 Å². The minimum absolute atomic E-state index is 0.0115. The van der Waals surface area contributed by atoms with Crippen LogP contribution < -0.4 is 15.0 Å². The molecule has 3 heterocycles. The summed E-state index contributed by atoms with van der Waals surface area (Å²) in [5.41, 5.74) is 2.47. The number of rotatable bonds is 7. The zero-order valence-electron chi connectivity index (χ0n) is 17.5. The van der Waals surface area contributed by atoms with Crippen molar-refractivity contribution >= 4 is 34.6 Å². The summed E-state index contributed by atoms with van der Waals surface area (Å²) in [4.78, 5) is 26.7. The summed E-state index contributed by atoms with van der Waals surface area (Å²) in [5, 5.41) is 14.4. The fourth-order valence-electron chi connectivity index (χ4n) is 3.83. The van der Waals surface area contributed by atoms with Crippen LogP contribution in [0, 0.1) is 0 Å². The molecule has 2 aromatic heterocycles. The molecule has 1 amide bonds. The molecule has 2 aromatic carbocycles. The van der Waals surface area contributed by atoms with Crippen LogP contribution in [0.2, 0.25) is 0 Å². The van der Waals surface area contributed by atoms with Crippen LogP contribution in [0.4, 0.5) is 11.4 Å². The number of thiophene rings is 1. The predicted molar refractivity (Wildman–Crippen MR) is 128 cm³/mol. The van der Waals surface area contributed by atoms with Gasteiger partial charge in [0.1, 0.15) is 11.9 Å². The molecule has 0 saturated carbocycles. The van der Waals surface area contributed by atoms with Gasteiger partial charge in [-0.15, -0.1) is 11.3 Å². The van der Waals surface area contributed by atoms with E-state index in [1.54, 1.807) is 18.2 Å². The van der Waals surface area contributed by atoms with Gasteiger partial charge in [0.05, 0.1) is 34.9 Å². The first kappa shape index (κ1) is 20.8. The Morgan fingerprint density at radius 2 is 1.73 bits per heavy atom. The SMILES string of the molecule is O=C(Nc1ccc(OC2CN(c3cccc(C(=O)O)c3-n3cccc3)C2)cc1)c1cccs1. The number of benzene rings is 2. The Labute approximate surface area is 194 Å². The number of aromatic nitrogens is 1. The van der Waals surface area contributed by atoms with Gasteiger partial charge >= 0.3 is 5.97 Å². The number of nitrogens with one attached hydrogen (secondary N) is 1. The number of para-hydroxylation sites is 1. The summed E-state index contributed by atoms with van der Waals surface area (Å²) in [6.45, 7) is 1.29. The van der Waals surface area contributed by atoms with Crippen molar-refractivity contribution < 1.29 is 19.4 Å². The molecule has 8 heteroatoms. The second kappa shape index (κ2) is 8.84. The first-order valence-corrected chi connectivity index (χ1v) is 11.3. The number of ether oxygens (including phenoxy) is 1. The summed E-state index contributed by atoms with van der Waals surface area (Å²) < 4.78 is 7.90. The van der Waals surface area contributed by atoms with Crippen molar-refractivity contribution in [2.75, 3.05) is 23.3 Å². The number of carbonyl (C=O) groups excluding carboxylic acids is 1. The van der Waals surface area contributed by atoms with Crippen LogP contribution in [0.3, 0.4) is 0 Å². The highest BCUT2D eigenvalue weighted by Gasteiger charge is 2.31. The highest BCUT2D eigenvalue weighted by atomic mass is 32.1. The molecule has 0 spiro atoms. The third-order valence-electron chi connectivity index (χ3n) is 5.46. The Bertz CT molecular complexity index is 1260. The summed E-state index contributed by atoms with van der Waals surface area (Å²) in [6.07, 6.45) is 3.68. The van der Waals surface area contributed by atoms with E-state index < -0.39 is 5.97 Å². The molecule has 166 valence electrons. The van der Waals surface area contributed by atoms with Gasteiger partial charge in [-0.3, -0.25) is 4.79 Å². The second-order valence-electron chi connectivity index (χ2n) is 7.67. The highest BCUT2D eigenvalue weighted by molar-refractivity contribution is 7.12. The monoisotopic (exact) mass is 459 g/mol. The molecule has 0 bridgehead atoms. The molecule has 33 heavy (non-hydrogen) atoms. The number of carboxylic acid groups (broad SMARTS) is 1. The molecule has 1 saturated heterocycles. The van der Waals surface area contributed by atoms with Crippen molar-refractivity contribution in [1.82, 2.24) is 4.57 Å². The van der Waals surface area contributed by atoms with Crippen molar-refractivity contribution in [3.63, 3.8) is 0 Å². The lowest BCUT2D eigenvalue weighted by Gasteiger charge is -2.41. The molecule has 0 atom stereocenters. The van der Waals surface area contributed by atoms with Gasteiger partial charge in [-0.2, -0.15) is 0 Å². The predicted octanol–water partition coefficient (Wildman–Crippen LogP) is 4.76. The van der Waals surface area contributed by atoms with Crippen molar-refractivity contribution in [2.45, 2.75) is 6.10 Å². The van der Waals surface area contributed by atoms with Gasteiger partial charge in [0.25, 0.3) is 5.91 Å². The fraction of sp³-hybridized carbons (Fsp3) is 0.120. The van der Waals surface area contributed by atoms with Crippen LogP contribution in [0.15, 0.2) is 84.5 Å². The van der Waals surface area contributed by atoms with Crippen LogP contribution >= 0.6 is 11.3 Å². The largest absolute Gasteiger partial charge is 0.487 e. The third-order valence-corrected chi connectivity index (χ3v) is 6.33. The molecule has 7 nitrogen and oxygen atoms in total. The van der Waals surface area contributed by atoms with Crippen LogP contribution in [-0.2, 0) is 0 Å². The molecule has 0 radical (unpaired) electrons. The lowest BCUT2D eigenvalue weighted by Crippen LogP contribution is -2.54. The minimum Gasteiger partial charge on any atom is -0.487 e. The number of amides is 1. The van der Waals surface area contributed by atoms with Crippen molar-refractivity contribution in [2.24, 2.45) is 0 Å². The van der Waals surface area contributed by atoms with E-state index in [1.165, 1.54) is 11.3 Å². The Kier molecular flexibility index (Phi) is 5.58. The number of hydrogen-bond donors (Lipinski definition) is 2. The van der Waals surface area contributed by atoms with Crippen LogP contribution in [0.25, 0.3) is 5.69 Å². The van der Waals surface area contributed by atoms with Gasteiger partial charge in [0.15, 0.2) is 0 Å². The average Bonchev–Trinajstić information content (AvgIpc) is 3.51. The highest BCUT2D eigenvalue weighted by Crippen LogP contribution is 2.32. The minimum atomic E-state index is -0.958. The van der Waals surface area contributed by atoms with E-state index in [1.807, 2.05) is 70.9 Å². The summed E-state index contributed by atoms with van der Waals surface area (Å²) in [7, 11) is 0. The zero-order valence-corrected chi connectivity index (χ0v) is 18.4. The summed E-state index contributed by atoms with van der Waals surface area (Å²) in [5.74, 6) is -0.366. The molecule has 1 fully saturated rings. The standard InChI is InChI=1S/C25H21N3O4S/c29-24(22-7-4-14-33-22)26-17-8-10-18(11-9-17)32-19-15-28(16-19)21-6-3-5-20(25(30)31)23(21)27-12-1-2-13-27/h1-14,19H,15-16H2,(H,26,29)(H,30,31). The first-order valence-electron chi connectivity index (χ1n) is 10.4. The first-order chi connectivity index (χ1) is 16.1. The molecular formula is C25H21N3O4S. The van der Waals surface area contributed by atoms with E-state index in [0.717, 1.165) is 11.4 Å². The normalized spacial score (nSPS) is 13.4. The number of nitrogens with zero attached hydrogens (tertiary/aromatic N) is 2. The lowest BCUT2D eigenvalue weighted by atomic mass is 10.1. The lowest BCUT2D eigenvalue weighted by molar-refractivity contribution is 0.0696. The van der Waals surface area contributed by atoms with Crippen LogP contribution in [0.5, 0.6) is 5.75 Å². The van der Waals surface area contributed by atoms with Gasteiger partial charge < -0.3 is 24.6 Å². The van der Waals surface area contributed by atoms with Crippen LogP contribution in [0.1, 0.15) is 20.0 Å². The van der Waals surface area contributed by atoms with Gasteiger partial charge in [0, 0.05) is 18.1 Å². The Hall–Kier alpha value is -4.04. The molecule has 2 N–H and O–H groups in total. The van der Waals surface area contributed by atoms with Gasteiger partial charge in [-0.1, -0.05) is 12.1 Å². The number of anilines is 2. The number of carboxylic acids is 1. The summed E-state index contributed by atoms with van der Waals surface area (Å²) >= 11 is 1.40. The number of hydrogen-bond acceptors (Lipinski definition) is 5. The van der Waals surface area contributed by atoms with E-state index >= 15 is 0 Å². The van der Waals surface area contributed by atoms with E-state index in [0.29, 0.717) is 29.3 Å². The van der Waals surface area contributed by atoms with Crippen molar-refractivity contribution in [1.29, 1.82) is 0 Å². The molecule has 5 rings (SSSR count). The Morgan fingerprint density at radius 1 is 0.970 bits per heavy atom. The number of carbonyl (C=O) groups is 2. The van der Waals surface area contributed by atoms with Gasteiger partial charge in [-0.05, 0) is 60.0 Å². The molecule has 4 aromatic rings. The fourth-order valence-corrected chi connectivity index (χ4v) is 4.45. The average molecular weight is 460 g/mol. The van der Waals surface area contributed by atoms with E-state index in [-0.39, 0.29) is 17.6 Å². The zero-order chi connectivity index (χ0) is 22.8. The Morgan fingerprint density at radius 3 is 2.39 bits per heavy atom. The second-order valence-corrected chi connectivity index (χ2v) is 8.62. The smallest absolute Gasteiger partial charge is 0.337 e. The Balaban J connectivity index is 1.23. The maximum absolute atomic E-state index is 12.2. The van der Waals surface area contributed by atoms with Crippen LogP contribution in [-0.4, -0.2) is 40.7 Å². The quantitative estimate of drug-likeness (QED) is 0.416. The third kappa shape index (κ3) is 4.33. The molecular weight excluding hydrogens is 438 g/mol. The maximum atomic E-state index is 12.2. The molecule has 1 aliphatic rings.